The first-order valence-corrected chi connectivity index (χ1v) is 7.06. The largest absolute Gasteiger partial charge is 0.398 e. The Balaban J connectivity index is 2.46. The Morgan fingerprint density at radius 2 is 1.55 bits per heavy atom. The molecule has 4 nitrogen and oxygen atoms in total. The number of nitrogens with two attached hydrogens (primary N) is 1. The Kier molecular flexibility index (Phi) is 3.63. The van der Waals surface area contributed by atoms with Crippen LogP contribution in [0.1, 0.15) is 0 Å². The summed E-state index contributed by atoms with van der Waals surface area (Å²) in [4.78, 5) is -0.203. The normalized spacial score (nSPS) is 11.3. The van der Waals surface area contributed by atoms with Gasteiger partial charge in [0.2, 0.25) is 0 Å². The van der Waals surface area contributed by atoms with E-state index in [-0.39, 0.29) is 16.3 Å². The minimum Gasteiger partial charge on any atom is -0.398 e. The van der Waals surface area contributed by atoms with Crippen LogP contribution in [0, 0.1) is 11.6 Å². The molecule has 2 aromatic rings. The maximum absolute atomic E-state index is 13.0. The van der Waals surface area contributed by atoms with E-state index < -0.39 is 21.7 Å². The molecule has 0 atom stereocenters. The second kappa shape index (κ2) is 5.09. The number of anilines is 2. The van der Waals surface area contributed by atoms with Crippen LogP contribution >= 0.6 is 0 Å². The summed E-state index contributed by atoms with van der Waals surface area (Å²) in [5.74, 6) is -1.09. The fourth-order valence-corrected chi connectivity index (χ4v) is 2.98. The lowest BCUT2D eigenvalue weighted by molar-refractivity contribution is 0.593. The standard InChI is InChI=1S/C13H12F2N2O2S/c1-17(11-5-2-9(14)3-6-11)20(18,19)13-7-4-10(15)8-12(13)16/h2-8H,16H2,1H3. The molecule has 2 N–H and O–H groups in total. The van der Waals surface area contributed by atoms with Gasteiger partial charge in [-0.1, -0.05) is 0 Å². The molecule has 0 aromatic heterocycles. The lowest BCUT2D eigenvalue weighted by Gasteiger charge is -2.20. The van der Waals surface area contributed by atoms with Crippen LogP contribution in [-0.2, 0) is 10.0 Å². The topological polar surface area (TPSA) is 63.4 Å². The number of hydrogen-bond donors (Lipinski definition) is 1. The highest BCUT2D eigenvalue weighted by atomic mass is 32.2. The average Bonchev–Trinajstić information content (AvgIpc) is 2.38. The summed E-state index contributed by atoms with van der Waals surface area (Å²) in [6.07, 6.45) is 0. The van der Waals surface area contributed by atoms with E-state index in [1.54, 1.807) is 0 Å². The van der Waals surface area contributed by atoms with Crippen molar-refractivity contribution in [3.8, 4) is 0 Å². The molecule has 2 rings (SSSR count). The van der Waals surface area contributed by atoms with Crippen LogP contribution in [0.3, 0.4) is 0 Å². The molecule has 0 radical (unpaired) electrons. The first kappa shape index (κ1) is 14.3. The summed E-state index contributed by atoms with van der Waals surface area (Å²) in [5.41, 5.74) is 5.63. The van der Waals surface area contributed by atoms with E-state index >= 15 is 0 Å². The zero-order chi connectivity index (χ0) is 14.9. The van der Waals surface area contributed by atoms with Crippen LogP contribution in [0.4, 0.5) is 20.2 Å². The van der Waals surface area contributed by atoms with Crippen LogP contribution in [0.25, 0.3) is 0 Å². The van der Waals surface area contributed by atoms with E-state index in [2.05, 4.69) is 0 Å². The zero-order valence-electron chi connectivity index (χ0n) is 10.5. The quantitative estimate of drug-likeness (QED) is 0.885. The van der Waals surface area contributed by atoms with Crippen molar-refractivity contribution in [2.24, 2.45) is 0 Å². The lowest BCUT2D eigenvalue weighted by Crippen LogP contribution is -2.27. The Labute approximate surface area is 115 Å². The number of nitrogens with zero attached hydrogens (tertiary/aromatic N) is 1. The molecule has 0 spiro atoms. The third kappa shape index (κ3) is 2.57. The van der Waals surface area contributed by atoms with E-state index in [1.807, 2.05) is 0 Å². The van der Waals surface area contributed by atoms with Crippen molar-refractivity contribution in [3.05, 3.63) is 54.1 Å². The fourth-order valence-electron chi connectivity index (χ4n) is 1.69. The van der Waals surface area contributed by atoms with Crippen LogP contribution in [0.15, 0.2) is 47.4 Å². The van der Waals surface area contributed by atoms with Crippen molar-refractivity contribution in [3.63, 3.8) is 0 Å². The molecule has 2 aromatic carbocycles. The molecule has 20 heavy (non-hydrogen) atoms. The molecule has 106 valence electrons. The molecule has 0 unspecified atom stereocenters. The molecule has 0 bridgehead atoms. The molecule has 0 fully saturated rings. The number of hydrogen-bond acceptors (Lipinski definition) is 3. The smallest absolute Gasteiger partial charge is 0.266 e. The van der Waals surface area contributed by atoms with E-state index in [0.29, 0.717) is 0 Å². The molecule has 0 saturated carbocycles. The van der Waals surface area contributed by atoms with Gasteiger partial charge >= 0.3 is 0 Å². The predicted molar refractivity (Wildman–Crippen MR) is 72.8 cm³/mol. The molecular weight excluding hydrogens is 286 g/mol. The van der Waals surface area contributed by atoms with Gasteiger partial charge in [0.1, 0.15) is 16.5 Å². The maximum atomic E-state index is 13.0. The number of rotatable bonds is 3. The highest BCUT2D eigenvalue weighted by Crippen LogP contribution is 2.26. The summed E-state index contributed by atoms with van der Waals surface area (Å²) in [5, 5.41) is 0. The lowest BCUT2D eigenvalue weighted by atomic mass is 10.3. The molecular formula is C13H12F2N2O2S. The highest BCUT2D eigenvalue weighted by Gasteiger charge is 2.24. The van der Waals surface area contributed by atoms with Gasteiger partial charge in [0.05, 0.1) is 11.4 Å². The molecule has 0 saturated heterocycles. The van der Waals surface area contributed by atoms with Gasteiger partial charge in [-0.15, -0.1) is 0 Å². The summed E-state index contributed by atoms with van der Waals surface area (Å²) in [6.45, 7) is 0. The van der Waals surface area contributed by atoms with Crippen molar-refractivity contribution < 1.29 is 17.2 Å². The minimum atomic E-state index is -3.93. The third-order valence-electron chi connectivity index (χ3n) is 2.80. The van der Waals surface area contributed by atoms with Crippen molar-refractivity contribution in [2.75, 3.05) is 17.1 Å². The van der Waals surface area contributed by atoms with Gasteiger partial charge in [-0.2, -0.15) is 0 Å². The summed E-state index contributed by atoms with van der Waals surface area (Å²) >= 11 is 0. The van der Waals surface area contributed by atoms with Crippen molar-refractivity contribution >= 4 is 21.4 Å². The minimum absolute atomic E-state index is 0.182. The summed E-state index contributed by atoms with van der Waals surface area (Å²) < 4.78 is 51.5. The first-order chi connectivity index (χ1) is 9.32. The SMILES string of the molecule is CN(c1ccc(F)cc1)S(=O)(=O)c1ccc(F)cc1N. The van der Waals surface area contributed by atoms with Gasteiger partial charge in [0.15, 0.2) is 0 Å². The summed E-state index contributed by atoms with van der Waals surface area (Å²) in [6, 6.07) is 8.00. The van der Waals surface area contributed by atoms with Crippen LogP contribution in [0.5, 0.6) is 0 Å². The van der Waals surface area contributed by atoms with Crippen molar-refractivity contribution in [1.29, 1.82) is 0 Å². The summed E-state index contributed by atoms with van der Waals surface area (Å²) in [7, 11) is -2.62. The third-order valence-corrected chi connectivity index (χ3v) is 4.66. The van der Waals surface area contributed by atoms with E-state index in [4.69, 9.17) is 5.73 Å². The molecule has 0 amide bonds. The highest BCUT2D eigenvalue weighted by molar-refractivity contribution is 7.93. The van der Waals surface area contributed by atoms with Crippen molar-refractivity contribution in [2.45, 2.75) is 4.90 Å². The Morgan fingerprint density at radius 1 is 1.00 bits per heavy atom. The van der Waals surface area contributed by atoms with E-state index in [0.717, 1.165) is 34.6 Å². The Bertz CT molecular complexity index is 731. The first-order valence-electron chi connectivity index (χ1n) is 5.62. The van der Waals surface area contributed by atoms with Crippen molar-refractivity contribution in [1.82, 2.24) is 0 Å². The molecule has 0 aliphatic heterocycles. The van der Waals surface area contributed by atoms with Crippen LogP contribution in [0.2, 0.25) is 0 Å². The second-order valence-electron chi connectivity index (χ2n) is 4.13. The average molecular weight is 298 g/mol. The van der Waals surface area contributed by atoms with Gasteiger partial charge in [0.25, 0.3) is 10.0 Å². The van der Waals surface area contributed by atoms with Crippen LogP contribution in [-0.4, -0.2) is 15.5 Å². The number of sulfonamides is 1. The number of nitrogen functional groups attached to an aromatic ring is 1. The van der Waals surface area contributed by atoms with Gasteiger partial charge in [-0.05, 0) is 42.5 Å². The number of benzene rings is 2. The fraction of sp³-hybridized carbons (Fsp3) is 0.0769. The Morgan fingerprint density at radius 3 is 2.10 bits per heavy atom. The van der Waals surface area contributed by atoms with Gasteiger partial charge in [-0.3, -0.25) is 4.31 Å². The Hall–Kier alpha value is -2.15. The number of halogens is 2. The van der Waals surface area contributed by atoms with E-state index in [1.165, 1.54) is 19.2 Å². The van der Waals surface area contributed by atoms with Gasteiger partial charge < -0.3 is 5.73 Å². The molecule has 7 heteroatoms. The maximum Gasteiger partial charge on any atom is 0.266 e. The molecule has 0 aliphatic carbocycles. The van der Waals surface area contributed by atoms with Crippen LogP contribution < -0.4 is 10.0 Å². The monoisotopic (exact) mass is 298 g/mol. The second-order valence-corrected chi connectivity index (χ2v) is 6.07. The molecule has 0 aliphatic rings. The predicted octanol–water partition coefficient (Wildman–Crippen LogP) is 2.37. The van der Waals surface area contributed by atoms with Gasteiger partial charge in [-0.25, -0.2) is 17.2 Å². The van der Waals surface area contributed by atoms with Gasteiger partial charge in [0, 0.05) is 7.05 Å². The molecule has 0 heterocycles. The zero-order valence-corrected chi connectivity index (χ0v) is 11.4. The van der Waals surface area contributed by atoms with E-state index in [9.17, 15) is 17.2 Å².